The monoisotopic (exact) mass is 468 g/mol. The van der Waals surface area contributed by atoms with E-state index in [-0.39, 0.29) is 18.9 Å². The number of rotatable bonds is 5. The van der Waals surface area contributed by atoms with Crippen LogP contribution in [0.25, 0.3) is 48.9 Å². The molecule has 0 saturated heterocycles. The van der Waals surface area contributed by atoms with Gasteiger partial charge in [0.25, 0.3) is 0 Å². The number of hydrogen-bond acceptors (Lipinski definition) is 0. The van der Waals surface area contributed by atoms with Crippen molar-refractivity contribution in [1.29, 1.82) is 0 Å². The molecule has 5 aromatic carbocycles. The Bertz CT molecular complexity index is 1240. The van der Waals surface area contributed by atoms with E-state index in [1.54, 1.807) is 0 Å². The maximum absolute atomic E-state index is 2.32. The minimum Gasteiger partial charge on any atom is -0.216 e. The first-order valence-electron chi connectivity index (χ1n) is 12.1. The van der Waals surface area contributed by atoms with Gasteiger partial charge in [-0.1, -0.05) is 163 Å². The van der Waals surface area contributed by atoms with E-state index in [0.717, 1.165) is 0 Å². The van der Waals surface area contributed by atoms with Gasteiger partial charge in [-0.3, -0.25) is 0 Å². The van der Waals surface area contributed by atoms with Crippen LogP contribution in [0.15, 0.2) is 152 Å². The average molecular weight is 469 g/mol. The Labute approximate surface area is 227 Å². The quantitative estimate of drug-likeness (QED) is 0.269. The van der Waals surface area contributed by atoms with Crippen molar-refractivity contribution in [2.45, 2.75) is 0 Å². The molecule has 0 saturated carbocycles. The molecule has 0 nitrogen and oxygen atoms in total. The third kappa shape index (κ3) is 4.50. The van der Waals surface area contributed by atoms with Gasteiger partial charge in [-0.2, -0.15) is 15.5 Å². The van der Waals surface area contributed by atoms with Crippen molar-refractivity contribution < 1.29 is 18.9 Å². The molecule has 0 aliphatic carbocycles. The zero-order valence-electron chi connectivity index (χ0n) is 20.4. The molecule has 0 aliphatic heterocycles. The van der Waals surface area contributed by atoms with E-state index in [1.165, 1.54) is 48.9 Å². The first-order chi connectivity index (χ1) is 17.4. The molecule has 0 amide bonds. The summed E-state index contributed by atoms with van der Waals surface area (Å²) in [4.78, 5) is 0. The van der Waals surface area contributed by atoms with E-state index in [0.29, 0.717) is 0 Å². The van der Waals surface area contributed by atoms with Crippen molar-refractivity contribution in [1.82, 2.24) is 0 Å². The minimum absolute atomic E-state index is 0. The molecule has 6 aromatic rings. The van der Waals surface area contributed by atoms with Gasteiger partial charge in [-0.05, 0) is 22.3 Å². The van der Waals surface area contributed by atoms with Gasteiger partial charge in [0.15, 0.2) is 0 Å². The summed E-state index contributed by atoms with van der Waals surface area (Å²) < 4.78 is 0. The van der Waals surface area contributed by atoms with Crippen molar-refractivity contribution >= 4 is 8.40 Å². The molecular weight excluding hydrogens is 443 g/mol. The second-order valence-electron chi connectivity index (χ2n) is 8.71. The van der Waals surface area contributed by atoms with Crippen LogP contribution in [-0.4, -0.2) is 8.40 Å². The van der Waals surface area contributed by atoms with Crippen LogP contribution in [-0.2, 0) is 0 Å². The Morgan fingerprint density at radius 3 is 0.917 bits per heavy atom. The minimum atomic E-state index is -1.30. The SMILES string of the molecule is [Li+].c1ccc(-c2c(-c3ccccc3)c(-c3ccccc3)[si-](-c3ccccc3)c2-c2ccccc2)cc1. The largest absolute Gasteiger partial charge is 1.00 e. The summed E-state index contributed by atoms with van der Waals surface area (Å²) in [5.41, 5.74) is 7.88. The Morgan fingerprint density at radius 1 is 0.306 bits per heavy atom. The third-order valence-electron chi connectivity index (χ3n) is 6.56. The van der Waals surface area contributed by atoms with E-state index in [9.17, 15) is 0 Å². The summed E-state index contributed by atoms with van der Waals surface area (Å²) >= 11 is 0. The first kappa shape index (κ1) is 24.1. The van der Waals surface area contributed by atoms with E-state index >= 15 is 0 Å². The smallest absolute Gasteiger partial charge is 0.216 e. The maximum atomic E-state index is 2.32. The van der Waals surface area contributed by atoms with Crippen LogP contribution >= 0.6 is 0 Å². The summed E-state index contributed by atoms with van der Waals surface area (Å²) in [7, 11) is -1.30. The molecule has 1 aromatic heterocycles. The fraction of sp³-hybridized carbons (Fsp3) is 0. The first-order valence-corrected chi connectivity index (χ1v) is 13.6. The second kappa shape index (κ2) is 11.0. The second-order valence-corrected chi connectivity index (χ2v) is 11.0. The molecule has 0 radical (unpaired) electrons. The van der Waals surface area contributed by atoms with Crippen molar-refractivity contribution in [2.24, 2.45) is 0 Å². The van der Waals surface area contributed by atoms with Crippen molar-refractivity contribution in [3.05, 3.63) is 152 Å². The standard InChI is InChI=1S/C34H25Si.Li/c1-6-16-26(17-7-1)31-32(27-18-8-2-9-19-27)34(29-22-12-4-13-23-29)35(30-24-14-5-15-25-30)33(31)28-20-10-3-11-21-28;/h1-25H;/q-1;+1. The summed E-state index contributed by atoms with van der Waals surface area (Å²) in [5.74, 6) is 0. The normalized spacial score (nSPS) is 10.6. The molecule has 166 valence electrons. The Kier molecular flexibility index (Phi) is 7.35. The molecule has 0 N–H and O–H groups in total. The average Bonchev–Trinajstić information content (AvgIpc) is 3.32. The summed E-state index contributed by atoms with van der Waals surface area (Å²) in [6.45, 7) is 0. The van der Waals surface area contributed by atoms with Gasteiger partial charge in [-0.15, -0.1) is 0 Å². The molecular formula is C34H25LiSi. The topological polar surface area (TPSA) is 0 Å². The Balaban J connectivity index is 0.00000267. The fourth-order valence-corrected chi connectivity index (χ4v) is 8.39. The predicted molar refractivity (Wildman–Crippen MR) is 151 cm³/mol. The number of hydrogen-bond donors (Lipinski definition) is 0. The predicted octanol–water partition coefficient (Wildman–Crippen LogP) is 6.09. The van der Waals surface area contributed by atoms with Crippen molar-refractivity contribution in [2.75, 3.05) is 0 Å². The van der Waals surface area contributed by atoms with Crippen LogP contribution in [0.2, 0.25) is 0 Å². The maximum Gasteiger partial charge on any atom is 1.00 e. The molecule has 0 unspecified atom stereocenters. The Hall–Kier alpha value is -3.61. The molecule has 36 heavy (non-hydrogen) atoms. The van der Waals surface area contributed by atoms with Crippen LogP contribution in [0, 0.1) is 0 Å². The van der Waals surface area contributed by atoms with E-state index in [2.05, 4.69) is 152 Å². The molecule has 0 atom stereocenters. The third-order valence-corrected chi connectivity index (χ3v) is 9.55. The number of benzene rings is 5. The summed E-state index contributed by atoms with van der Waals surface area (Å²) in [5, 5.41) is 4.34. The van der Waals surface area contributed by atoms with Crippen LogP contribution in [0.1, 0.15) is 0 Å². The van der Waals surface area contributed by atoms with Crippen molar-refractivity contribution in [3.8, 4) is 48.9 Å². The van der Waals surface area contributed by atoms with Crippen LogP contribution < -0.4 is 18.9 Å². The fourth-order valence-electron chi connectivity index (χ4n) is 5.09. The van der Waals surface area contributed by atoms with Gasteiger partial charge in [0.2, 0.25) is 0 Å². The molecule has 1 heterocycles. The van der Waals surface area contributed by atoms with Gasteiger partial charge in [0, 0.05) is 0 Å². The molecule has 0 bridgehead atoms. The molecule has 0 aliphatic rings. The van der Waals surface area contributed by atoms with Gasteiger partial charge < -0.3 is 0 Å². The van der Waals surface area contributed by atoms with Crippen LogP contribution in [0.4, 0.5) is 0 Å². The van der Waals surface area contributed by atoms with Gasteiger partial charge in [-0.25, -0.2) is 8.40 Å². The molecule has 0 fully saturated rings. The molecule has 0 spiro atoms. The Morgan fingerprint density at radius 2 is 0.583 bits per heavy atom. The van der Waals surface area contributed by atoms with Crippen LogP contribution in [0.5, 0.6) is 0 Å². The summed E-state index contributed by atoms with van der Waals surface area (Å²) in [6, 6.07) is 55.0. The zero-order chi connectivity index (χ0) is 23.5. The van der Waals surface area contributed by atoms with Gasteiger partial charge in [0.05, 0.1) is 0 Å². The van der Waals surface area contributed by atoms with Gasteiger partial charge >= 0.3 is 18.9 Å². The van der Waals surface area contributed by atoms with Gasteiger partial charge in [0.1, 0.15) is 0 Å². The van der Waals surface area contributed by atoms with E-state index in [1.807, 2.05) is 0 Å². The summed E-state index contributed by atoms with van der Waals surface area (Å²) in [6.07, 6.45) is 0. The van der Waals surface area contributed by atoms with Crippen LogP contribution in [0.3, 0.4) is 0 Å². The van der Waals surface area contributed by atoms with Crippen molar-refractivity contribution in [3.63, 3.8) is 0 Å². The zero-order valence-corrected chi connectivity index (χ0v) is 21.4. The van der Waals surface area contributed by atoms with E-state index < -0.39 is 8.40 Å². The van der Waals surface area contributed by atoms with E-state index in [4.69, 9.17) is 0 Å². The molecule has 2 heteroatoms. The molecule has 6 rings (SSSR count).